The third-order valence-electron chi connectivity index (χ3n) is 5.25. The molecule has 0 unspecified atom stereocenters. The molecule has 0 radical (unpaired) electrons. The van der Waals surface area contributed by atoms with Crippen molar-refractivity contribution < 1.29 is 9.53 Å². The van der Waals surface area contributed by atoms with Crippen LogP contribution in [0.25, 0.3) is 16.8 Å². The number of nitrogens with zero attached hydrogens (tertiary/aromatic N) is 6. The minimum Gasteiger partial charge on any atom is -0.366 e. The summed E-state index contributed by atoms with van der Waals surface area (Å²) in [4.78, 5) is 35.1. The molecule has 0 spiro atoms. The molecule has 0 N–H and O–H groups in total. The van der Waals surface area contributed by atoms with E-state index in [9.17, 15) is 9.59 Å². The number of fused-ring (bicyclic) bond motifs is 1. The van der Waals surface area contributed by atoms with Gasteiger partial charge in [-0.1, -0.05) is 12.1 Å². The van der Waals surface area contributed by atoms with Crippen LogP contribution in [0.5, 0.6) is 0 Å². The molecule has 4 aromatic rings. The van der Waals surface area contributed by atoms with E-state index in [1.807, 2.05) is 30.5 Å². The first-order valence-corrected chi connectivity index (χ1v) is 9.99. The van der Waals surface area contributed by atoms with Gasteiger partial charge in [-0.3, -0.25) is 14.6 Å². The van der Waals surface area contributed by atoms with Crippen LogP contribution in [-0.4, -0.2) is 54.7 Å². The third-order valence-corrected chi connectivity index (χ3v) is 5.25. The number of carbonyl (C=O) groups is 1. The molecule has 0 bridgehead atoms. The Morgan fingerprint density at radius 3 is 2.90 bits per heavy atom. The number of carbonyl (C=O) groups excluding carboxylic acids is 1. The molecule has 1 aliphatic heterocycles. The summed E-state index contributed by atoms with van der Waals surface area (Å²) < 4.78 is 8.96. The fraction of sp³-hybridized carbons (Fsp3) is 0.227. The standard InChI is InChI=1S/C22H20N6O3/c29-20-5-1-2-9-26(20)15-21(30)27-10-11-31-18(14-27)22-24-19-7-6-17(13-28(19)25-22)16-4-3-8-23-12-16/h1-9,12-13,18H,10-11,14-15H2/t18-/m0/s1. The summed E-state index contributed by atoms with van der Waals surface area (Å²) >= 11 is 0. The molecule has 0 aliphatic carbocycles. The molecule has 5 rings (SSSR count). The van der Waals surface area contributed by atoms with Gasteiger partial charge in [-0.2, -0.15) is 0 Å². The zero-order valence-electron chi connectivity index (χ0n) is 16.7. The summed E-state index contributed by atoms with van der Waals surface area (Å²) in [6.07, 6.45) is 6.62. The zero-order chi connectivity index (χ0) is 21.2. The molecular formula is C22H20N6O3. The lowest BCUT2D eigenvalue weighted by molar-refractivity contribution is -0.140. The molecule has 1 fully saturated rings. The average Bonchev–Trinajstić information content (AvgIpc) is 3.25. The SMILES string of the molecule is O=C(Cn1ccccc1=O)N1CCO[C@H](c2nc3ccc(-c4cccnc4)cn3n2)C1. The predicted octanol–water partition coefficient (Wildman–Crippen LogP) is 1.55. The Balaban J connectivity index is 1.34. The Hall–Kier alpha value is -3.85. The number of pyridine rings is 3. The normalized spacial score (nSPS) is 16.5. The van der Waals surface area contributed by atoms with Crippen molar-refractivity contribution in [1.29, 1.82) is 0 Å². The van der Waals surface area contributed by atoms with Gasteiger partial charge in [0.1, 0.15) is 12.6 Å². The van der Waals surface area contributed by atoms with Crippen LogP contribution in [0, 0.1) is 0 Å². The van der Waals surface area contributed by atoms with Gasteiger partial charge in [-0.05, 0) is 24.3 Å². The van der Waals surface area contributed by atoms with Crippen molar-refractivity contribution in [3.63, 3.8) is 0 Å². The Labute approximate surface area is 177 Å². The number of rotatable bonds is 4. The lowest BCUT2D eigenvalue weighted by Crippen LogP contribution is -2.44. The number of ether oxygens (including phenoxy) is 1. The van der Waals surface area contributed by atoms with Gasteiger partial charge >= 0.3 is 0 Å². The molecule has 0 saturated carbocycles. The van der Waals surface area contributed by atoms with Crippen molar-refractivity contribution in [3.05, 3.63) is 83.4 Å². The number of hydrogen-bond donors (Lipinski definition) is 0. The molecule has 9 heteroatoms. The topological polar surface area (TPSA) is 94.6 Å². The van der Waals surface area contributed by atoms with Crippen molar-refractivity contribution in [1.82, 2.24) is 29.0 Å². The zero-order valence-corrected chi connectivity index (χ0v) is 16.7. The lowest BCUT2D eigenvalue weighted by atomic mass is 10.1. The van der Waals surface area contributed by atoms with Crippen molar-refractivity contribution in [2.75, 3.05) is 19.7 Å². The molecule has 5 heterocycles. The van der Waals surface area contributed by atoms with Gasteiger partial charge in [0.05, 0.1) is 13.2 Å². The molecule has 1 saturated heterocycles. The first-order valence-electron chi connectivity index (χ1n) is 9.99. The average molecular weight is 416 g/mol. The van der Waals surface area contributed by atoms with Gasteiger partial charge in [0.25, 0.3) is 5.56 Å². The summed E-state index contributed by atoms with van der Waals surface area (Å²) in [7, 11) is 0. The maximum Gasteiger partial charge on any atom is 0.250 e. The van der Waals surface area contributed by atoms with Crippen LogP contribution in [0.4, 0.5) is 0 Å². The van der Waals surface area contributed by atoms with Crippen LogP contribution in [0.15, 0.2) is 72.0 Å². The molecule has 9 nitrogen and oxygen atoms in total. The maximum atomic E-state index is 12.7. The summed E-state index contributed by atoms with van der Waals surface area (Å²) in [5.74, 6) is 0.391. The van der Waals surface area contributed by atoms with Gasteiger partial charge in [-0.15, -0.1) is 5.10 Å². The van der Waals surface area contributed by atoms with E-state index in [2.05, 4.69) is 15.1 Å². The molecular weight excluding hydrogens is 396 g/mol. The largest absolute Gasteiger partial charge is 0.366 e. The Bertz CT molecular complexity index is 1280. The number of amides is 1. The van der Waals surface area contributed by atoms with Crippen molar-refractivity contribution >= 4 is 11.6 Å². The maximum absolute atomic E-state index is 12.7. The number of aromatic nitrogens is 5. The minimum absolute atomic E-state index is 0.000537. The molecule has 4 aromatic heterocycles. The lowest BCUT2D eigenvalue weighted by Gasteiger charge is -2.31. The molecule has 0 aromatic carbocycles. The summed E-state index contributed by atoms with van der Waals surface area (Å²) in [5.41, 5.74) is 2.47. The third kappa shape index (κ3) is 3.95. The van der Waals surface area contributed by atoms with E-state index < -0.39 is 6.10 Å². The highest BCUT2D eigenvalue weighted by Gasteiger charge is 2.28. The van der Waals surface area contributed by atoms with E-state index in [1.54, 1.807) is 40.1 Å². The van der Waals surface area contributed by atoms with Crippen LogP contribution in [-0.2, 0) is 16.1 Å². The van der Waals surface area contributed by atoms with E-state index >= 15 is 0 Å². The first kappa shape index (κ1) is 19.1. The van der Waals surface area contributed by atoms with E-state index in [4.69, 9.17) is 4.74 Å². The molecule has 31 heavy (non-hydrogen) atoms. The Kier molecular flexibility index (Phi) is 5.01. The summed E-state index contributed by atoms with van der Waals surface area (Å²) in [6, 6.07) is 12.6. The van der Waals surface area contributed by atoms with Gasteiger partial charge < -0.3 is 14.2 Å². The second-order valence-corrected chi connectivity index (χ2v) is 7.30. The van der Waals surface area contributed by atoms with Crippen LogP contribution in [0.3, 0.4) is 0 Å². The monoisotopic (exact) mass is 416 g/mol. The molecule has 156 valence electrons. The van der Waals surface area contributed by atoms with Crippen LogP contribution < -0.4 is 5.56 Å². The smallest absolute Gasteiger partial charge is 0.250 e. The van der Waals surface area contributed by atoms with Gasteiger partial charge in [-0.25, -0.2) is 9.50 Å². The first-order chi connectivity index (χ1) is 15.2. The fourth-order valence-electron chi connectivity index (χ4n) is 3.61. The number of hydrogen-bond acceptors (Lipinski definition) is 6. The van der Waals surface area contributed by atoms with E-state index in [0.717, 1.165) is 11.1 Å². The highest BCUT2D eigenvalue weighted by Crippen LogP contribution is 2.22. The number of morpholine rings is 1. The molecule has 1 aliphatic rings. The second kappa shape index (κ2) is 8.11. The van der Waals surface area contributed by atoms with Gasteiger partial charge in [0.2, 0.25) is 5.91 Å². The van der Waals surface area contributed by atoms with Gasteiger partial charge in [0, 0.05) is 48.5 Å². The van der Waals surface area contributed by atoms with Crippen LogP contribution in [0.2, 0.25) is 0 Å². The fourth-order valence-corrected chi connectivity index (χ4v) is 3.61. The van der Waals surface area contributed by atoms with Crippen LogP contribution in [0.1, 0.15) is 11.9 Å². The summed E-state index contributed by atoms with van der Waals surface area (Å²) in [5, 5.41) is 4.58. The van der Waals surface area contributed by atoms with E-state index in [-0.39, 0.29) is 18.0 Å². The van der Waals surface area contributed by atoms with E-state index in [0.29, 0.717) is 31.2 Å². The van der Waals surface area contributed by atoms with Crippen molar-refractivity contribution in [3.8, 4) is 11.1 Å². The highest BCUT2D eigenvalue weighted by atomic mass is 16.5. The second-order valence-electron chi connectivity index (χ2n) is 7.30. The quantitative estimate of drug-likeness (QED) is 0.501. The summed E-state index contributed by atoms with van der Waals surface area (Å²) in [6.45, 7) is 1.19. The highest BCUT2D eigenvalue weighted by molar-refractivity contribution is 5.76. The Morgan fingerprint density at radius 1 is 1.13 bits per heavy atom. The van der Waals surface area contributed by atoms with Crippen molar-refractivity contribution in [2.24, 2.45) is 0 Å². The molecule has 1 amide bonds. The van der Waals surface area contributed by atoms with Gasteiger partial charge in [0.15, 0.2) is 11.5 Å². The Morgan fingerprint density at radius 2 is 2.06 bits per heavy atom. The minimum atomic E-state index is -0.424. The van der Waals surface area contributed by atoms with E-state index in [1.165, 1.54) is 10.6 Å². The van der Waals surface area contributed by atoms with Crippen molar-refractivity contribution in [2.45, 2.75) is 12.6 Å². The van der Waals surface area contributed by atoms with Crippen LogP contribution >= 0.6 is 0 Å². The predicted molar refractivity (Wildman–Crippen MR) is 112 cm³/mol. The molecule has 1 atom stereocenters.